The number of nitrogens with zero attached hydrogens (tertiary/aromatic N) is 2. The zero-order valence-electron chi connectivity index (χ0n) is 16.2. The van der Waals surface area contributed by atoms with Crippen LogP contribution in [0.3, 0.4) is 0 Å². The quantitative estimate of drug-likeness (QED) is 0.536. The van der Waals surface area contributed by atoms with E-state index in [1.54, 1.807) is 36.7 Å². The maximum atomic E-state index is 6.06. The molecule has 154 valence electrons. The van der Waals surface area contributed by atoms with Crippen molar-refractivity contribution in [1.29, 1.82) is 0 Å². The van der Waals surface area contributed by atoms with Crippen LogP contribution in [0.15, 0.2) is 48.8 Å². The third kappa shape index (κ3) is 6.92. The molecule has 0 aliphatic carbocycles. The van der Waals surface area contributed by atoms with E-state index in [2.05, 4.69) is 27.2 Å². The van der Waals surface area contributed by atoms with Gasteiger partial charge >= 0.3 is 0 Å². The predicted octanol–water partition coefficient (Wildman–Crippen LogP) is 4.81. The van der Waals surface area contributed by atoms with Gasteiger partial charge in [0.05, 0.1) is 0 Å². The van der Waals surface area contributed by atoms with Gasteiger partial charge < -0.3 is 20.8 Å². The first-order valence-corrected chi connectivity index (χ1v) is 10.3. The Kier molecular flexibility index (Phi) is 7.75. The number of nitrogens with two attached hydrogens (primary N) is 1. The van der Waals surface area contributed by atoms with Crippen LogP contribution >= 0.6 is 23.2 Å². The zero-order valence-corrected chi connectivity index (χ0v) is 17.7. The largest absolute Gasteiger partial charge is 0.466 e. The second-order valence-corrected chi connectivity index (χ2v) is 7.83. The number of pyridine rings is 1. The molecule has 1 fully saturated rings. The Bertz CT molecular complexity index is 878. The van der Waals surface area contributed by atoms with Gasteiger partial charge in [0.25, 0.3) is 0 Å². The number of benzene rings is 1. The number of anilines is 1. The van der Waals surface area contributed by atoms with Crippen molar-refractivity contribution in [3.63, 3.8) is 0 Å². The Labute approximate surface area is 180 Å². The fraction of sp³-hybridized carbons (Fsp3) is 0.333. The van der Waals surface area contributed by atoms with Crippen LogP contribution in [0.1, 0.15) is 37.3 Å². The van der Waals surface area contributed by atoms with Crippen LogP contribution in [0, 0.1) is 0 Å². The van der Waals surface area contributed by atoms with Crippen molar-refractivity contribution in [2.75, 3.05) is 12.3 Å². The Hall–Kier alpha value is -2.28. The van der Waals surface area contributed by atoms with Crippen molar-refractivity contribution in [3.05, 3.63) is 70.2 Å². The number of H-pyrrole nitrogens is 1. The lowest BCUT2D eigenvalue weighted by Crippen LogP contribution is -2.16. The summed E-state index contributed by atoms with van der Waals surface area (Å²) in [5, 5.41) is 4.47. The molecule has 0 amide bonds. The maximum absolute atomic E-state index is 6.06. The number of hydrogen-bond acceptors (Lipinski definition) is 5. The molecule has 1 saturated heterocycles. The summed E-state index contributed by atoms with van der Waals surface area (Å²) < 4.78 is 5.95. The van der Waals surface area contributed by atoms with Crippen molar-refractivity contribution < 1.29 is 4.74 Å². The summed E-state index contributed by atoms with van der Waals surface area (Å²) in [4.78, 5) is 11.5. The van der Waals surface area contributed by atoms with Crippen molar-refractivity contribution in [2.45, 2.75) is 38.3 Å². The van der Waals surface area contributed by atoms with Crippen molar-refractivity contribution in [1.82, 2.24) is 20.3 Å². The first-order valence-electron chi connectivity index (χ1n) is 9.56. The van der Waals surface area contributed by atoms with Gasteiger partial charge in [-0.05, 0) is 56.1 Å². The molecule has 8 heteroatoms. The highest BCUT2D eigenvalue weighted by Crippen LogP contribution is 2.26. The predicted molar refractivity (Wildman–Crippen MR) is 117 cm³/mol. The molecule has 3 heterocycles. The number of hydrogen-bond donors (Lipinski definition) is 3. The number of imidazole rings is 1. The van der Waals surface area contributed by atoms with Crippen molar-refractivity contribution >= 4 is 29.0 Å². The minimum absolute atomic E-state index is 0.367. The minimum atomic E-state index is -0.367. The summed E-state index contributed by atoms with van der Waals surface area (Å²) >= 11 is 12.1. The Morgan fingerprint density at radius 2 is 2.03 bits per heavy atom. The monoisotopic (exact) mass is 433 g/mol. The van der Waals surface area contributed by atoms with Crippen LogP contribution in [-0.4, -0.2) is 27.5 Å². The number of halogens is 2. The van der Waals surface area contributed by atoms with Gasteiger partial charge in [0.2, 0.25) is 5.88 Å². The van der Waals surface area contributed by atoms with Gasteiger partial charge in [0.15, 0.2) is 6.10 Å². The molecule has 4 rings (SSSR count). The van der Waals surface area contributed by atoms with Gasteiger partial charge in [-0.2, -0.15) is 4.98 Å². The average molecular weight is 434 g/mol. The molecular weight excluding hydrogens is 409 g/mol. The van der Waals surface area contributed by atoms with Crippen LogP contribution < -0.4 is 15.8 Å². The average Bonchev–Trinajstić information content (AvgIpc) is 3.35. The molecule has 0 saturated carbocycles. The first-order chi connectivity index (χ1) is 14.0. The van der Waals surface area contributed by atoms with E-state index in [9.17, 15) is 0 Å². The number of aromatic amines is 1. The summed E-state index contributed by atoms with van der Waals surface area (Å²) in [6, 6.07) is 11.4. The lowest BCUT2D eigenvalue weighted by molar-refractivity contribution is 0.189. The lowest BCUT2D eigenvalue weighted by Gasteiger charge is -2.17. The first kappa shape index (κ1) is 21.4. The molecular formula is C21H25Cl2N5O. The smallest absolute Gasteiger partial charge is 0.215 e. The molecule has 0 radical (unpaired) electrons. The number of aromatic nitrogens is 3. The Morgan fingerprint density at radius 1 is 1.24 bits per heavy atom. The van der Waals surface area contributed by atoms with E-state index in [1.807, 2.05) is 12.1 Å². The normalized spacial score (nSPS) is 16.7. The Morgan fingerprint density at radius 3 is 2.59 bits per heavy atom. The molecule has 0 bridgehead atoms. The van der Waals surface area contributed by atoms with Gasteiger partial charge in [-0.25, -0.2) is 4.98 Å². The van der Waals surface area contributed by atoms with E-state index >= 15 is 0 Å². The third-order valence-electron chi connectivity index (χ3n) is 4.48. The van der Waals surface area contributed by atoms with Gasteiger partial charge in [0.1, 0.15) is 11.6 Å². The van der Waals surface area contributed by atoms with E-state index in [0.29, 0.717) is 34.0 Å². The molecule has 2 aromatic heterocycles. The molecule has 1 aliphatic heterocycles. The van der Waals surface area contributed by atoms with Crippen molar-refractivity contribution in [2.24, 2.45) is 0 Å². The maximum Gasteiger partial charge on any atom is 0.215 e. The highest BCUT2D eigenvalue weighted by atomic mass is 35.5. The topological polar surface area (TPSA) is 88.9 Å². The summed E-state index contributed by atoms with van der Waals surface area (Å²) in [6.07, 6.45) is 6.33. The summed E-state index contributed by atoms with van der Waals surface area (Å²) in [6.45, 7) is 3.47. The number of ether oxygens (including phenoxy) is 1. The zero-order chi connectivity index (χ0) is 20.6. The molecule has 29 heavy (non-hydrogen) atoms. The van der Waals surface area contributed by atoms with E-state index < -0.39 is 0 Å². The molecule has 1 aliphatic rings. The molecule has 2 unspecified atom stereocenters. The van der Waals surface area contributed by atoms with Gasteiger partial charge in [0, 0.05) is 41.0 Å². The number of rotatable bonds is 5. The van der Waals surface area contributed by atoms with Crippen molar-refractivity contribution in [3.8, 4) is 5.88 Å². The van der Waals surface area contributed by atoms with Crippen LogP contribution in [0.5, 0.6) is 5.88 Å². The summed E-state index contributed by atoms with van der Waals surface area (Å²) in [7, 11) is 0. The summed E-state index contributed by atoms with van der Waals surface area (Å²) in [5.41, 5.74) is 6.63. The highest BCUT2D eigenvalue weighted by molar-refractivity contribution is 6.34. The fourth-order valence-electron chi connectivity index (χ4n) is 3.09. The fourth-order valence-corrected chi connectivity index (χ4v) is 3.66. The standard InChI is InChI=1S/C16H14Cl2N4O.C5H11N/c17-11-6-10(7-12(18)9-11)8-13(16-20-4-5-21-16)23-15-3-1-2-14(19)22-15;1-5-3-2-4-6-5/h1-7,9,13H,8H2,(H2,19,22)(H,20,21);5-6H,2-4H2,1H3. The molecule has 3 aromatic rings. The molecule has 0 spiro atoms. The van der Waals surface area contributed by atoms with E-state index in [4.69, 9.17) is 33.7 Å². The minimum Gasteiger partial charge on any atom is -0.466 e. The van der Waals surface area contributed by atoms with E-state index in [0.717, 1.165) is 11.6 Å². The number of nitrogen functional groups attached to an aromatic ring is 1. The van der Waals surface area contributed by atoms with Crippen LogP contribution in [0.4, 0.5) is 5.82 Å². The second-order valence-electron chi connectivity index (χ2n) is 6.96. The Balaban J connectivity index is 0.000000343. The third-order valence-corrected chi connectivity index (χ3v) is 4.92. The van der Waals surface area contributed by atoms with Crippen LogP contribution in [0.25, 0.3) is 0 Å². The van der Waals surface area contributed by atoms with Gasteiger partial charge in [-0.15, -0.1) is 0 Å². The molecule has 2 atom stereocenters. The van der Waals surface area contributed by atoms with Gasteiger partial charge in [-0.3, -0.25) is 0 Å². The van der Waals surface area contributed by atoms with E-state index in [-0.39, 0.29) is 6.10 Å². The van der Waals surface area contributed by atoms with Crippen LogP contribution in [0.2, 0.25) is 10.0 Å². The highest BCUT2D eigenvalue weighted by Gasteiger charge is 2.18. The summed E-state index contributed by atoms with van der Waals surface area (Å²) in [5.74, 6) is 1.51. The van der Waals surface area contributed by atoms with Crippen LogP contribution in [-0.2, 0) is 6.42 Å². The molecule has 6 nitrogen and oxygen atoms in total. The van der Waals surface area contributed by atoms with Gasteiger partial charge in [-0.1, -0.05) is 29.3 Å². The second kappa shape index (κ2) is 10.5. The number of nitrogens with one attached hydrogen (secondary N) is 2. The molecule has 4 N–H and O–H groups in total. The van der Waals surface area contributed by atoms with E-state index in [1.165, 1.54) is 19.4 Å². The SMILES string of the molecule is CC1CCCN1.Nc1cccc(OC(Cc2cc(Cl)cc(Cl)c2)c2ncc[nH]2)n1. The molecule has 1 aromatic carbocycles. The lowest BCUT2D eigenvalue weighted by atomic mass is 10.1.